The fourth-order valence-corrected chi connectivity index (χ4v) is 3.23. The Labute approximate surface area is 154 Å². The van der Waals surface area contributed by atoms with Crippen molar-refractivity contribution < 1.29 is 14.3 Å². The molecule has 3 rings (SSSR count). The average Bonchev–Trinajstić information content (AvgIpc) is 3.00. The van der Waals surface area contributed by atoms with Gasteiger partial charge in [0.2, 0.25) is 11.8 Å². The van der Waals surface area contributed by atoms with Gasteiger partial charge >= 0.3 is 0 Å². The van der Waals surface area contributed by atoms with Gasteiger partial charge in [0.15, 0.2) is 0 Å². The molecule has 0 radical (unpaired) electrons. The van der Waals surface area contributed by atoms with Crippen molar-refractivity contribution in [2.45, 2.75) is 27.2 Å². The summed E-state index contributed by atoms with van der Waals surface area (Å²) >= 11 is 0. The number of rotatable bonds is 4. The van der Waals surface area contributed by atoms with Crippen LogP contribution in [-0.4, -0.2) is 25.5 Å². The molecule has 1 atom stereocenters. The summed E-state index contributed by atoms with van der Waals surface area (Å²) in [5, 5.41) is 2.98. The second-order valence-electron chi connectivity index (χ2n) is 6.89. The van der Waals surface area contributed by atoms with E-state index in [2.05, 4.69) is 5.32 Å². The number of carbonyl (C=O) groups excluding carboxylic acids is 2. The number of anilines is 2. The molecule has 1 aliphatic heterocycles. The molecule has 5 heteroatoms. The van der Waals surface area contributed by atoms with Crippen molar-refractivity contribution in [3.63, 3.8) is 0 Å². The third-order valence-corrected chi connectivity index (χ3v) is 4.77. The quantitative estimate of drug-likeness (QED) is 0.914. The van der Waals surface area contributed by atoms with E-state index in [1.54, 1.807) is 12.0 Å². The lowest BCUT2D eigenvalue weighted by atomic mass is 10.1. The van der Waals surface area contributed by atoms with Crippen LogP contribution >= 0.6 is 0 Å². The van der Waals surface area contributed by atoms with Gasteiger partial charge in [0.05, 0.1) is 18.7 Å². The largest absolute Gasteiger partial charge is 0.495 e. The molecule has 0 unspecified atom stereocenters. The summed E-state index contributed by atoms with van der Waals surface area (Å²) in [6.07, 6.45) is 0.202. The van der Waals surface area contributed by atoms with Crippen molar-refractivity contribution in [1.82, 2.24) is 0 Å². The number of methoxy groups -OCH3 is 1. The van der Waals surface area contributed by atoms with Gasteiger partial charge in [0.25, 0.3) is 0 Å². The first-order valence-corrected chi connectivity index (χ1v) is 8.72. The summed E-state index contributed by atoms with van der Waals surface area (Å²) in [6, 6.07) is 11.6. The van der Waals surface area contributed by atoms with Gasteiger partial charge in [-0.25, -0.2) is 0 Å². The van der Waals surface area contributed by atoms with E-state index in [0.29, 0.717) is 12.3 Å². The van der Waals surface area contributed by atoms with Crippen LogP contribution in [0.4, 0.5) is 11.4 Å². The molecule has 5 nitrogen and oxygen atoms in total. The fourth-order valence-electron chi connectivity index (χ4n) is 3.23. The normalized spacial score (nSPS) is 16.7. The molecule has 0 saturated carbocycles. The highest BCUT2D eigenvalue weighted by molar-refractivity contribution is 6.04. The van der Waals surface area contributed by atoms with E-state index in [-0.39, 0.29) is 24.2 Å². The lowest BCUT2D eigenvalue weighted by molar-refractivity contribution is -0.122. The number of nitrogens with zero attached hydrogens (tertiary/aromatic N) is 1. The highest BCUT2D eigenvalue weighted by atomic mass is 16.5. The number of amides is 2. The van der Waals surface area contributed by atoms with Gasteiger partial charge in [-0.05, 0) is 55.7 Å². The lowest BCUT2D eigenvalue weighted by Crippen LogP contribution is -2.28. The molecule has 1 heterocycles. The average molecular weight is 352 g/mol. The molecule has 2 aromatic carbocycles. The Morgan fingerprint density at radius 1 is 1.12 bits per heavy atom. The van der Waals surface area contributed by atoms with Gasteiger partial charge in [-0.2, -0.15) is 0 Å². The van der Waals surface area contributed by atoms with Crippen LogP contribution in [0.15, 0.2) is 36.4 Å². The minimum atomic E-state index is -0.382. The number of aryl methyl sites for hydroxylation is 3. The van der Waals surface area contributed by atoms with Crippen LogP contribution < -0.4 is 15.0 Å². The Balaban J connectivity index is 1.78. The third-order valence-electron chi connectivity index (χ3n) is 4.77. The summed E-state index contributed by atoms with van der Waals surface area (Å²) < 4.78 is 5.39. The monoisotopic (exact) mass is 352 g/mol. The van der Waals surface area contributed by atoms with Crippen LogP contribution in [0.5, 0.6) is 5.75 Å². The first kappa shape index (κ1) is 18.0. The molecule has 0 spiro atoms. The third kappa shape index (κ3) is 3.57. The van der Waals surface area contributed by atoms with Crippen LogP contribution in [0.2, 0.25) is 0 Å². The summed E-state index contributed by atoms with van der Waals surface area (Å²) in [5.41, 5.74) is 4.65. The Bertz CT molecular complexity index is 860. The van der Waals surface area contributed by atoms with E-state index in [1.807, 2.05) is 57.2 Å². The highest BCUT2D eigenvalue weighted by Gasteiger charge is 2.36. The molecule has 2 amide bonds. The van der Waals surface area contributed by atoms with E-state index in [9.17, 15) is 9.59 Å². The van der Waals surface area contributed by atoms with Crippen LogP contribution in [0.1, 0.15) is 23.1 Å². The van der Waals surface area contributed by atoms with Crippen molar-refractivity contribution in [1.29, 1.82) is 0 Å². The van der Waals surface area contributed by atoms with Gasteiger partial charge in [-0.3, -0.25) is 9.59 Å². The zero-order chi connectivity index (χ0) is 18.8. The number of carbonyl (C=O) groups is 2. The summed E-state index contributed by atoms with van der Waals surface area (Å²) in [7, 11) is 1.58. The minimum Gasteiger partial charge on any atom is -0.495 e. The topological polar surface area (TPSA) is 58.6 Å². The van der Waals surface area contributed by atoms with E-state index >= 15 is 0 Å². The first-order valence-electron chi connectivity index (χ1n) is 8.72. The molecule has 0 bridgehead atoms. The zero-order valence-corrected chi connectivity index (χ0v) is 15.6. The Morgan fingerprint density at radius 2 is 1.81 bits per heavy atom. The number of benzene rings is 2. The SMILES string of the molecule is COc1ccc(C)cc1N1C[C@H](C(=O)Nc2cc(C)ccc2C)CC1=O. The van der Waals surface area contributed by atoms with Crippen LogP contribution in [0.3, 0.4) is 0 Å². The standard InChI is InChI=1S/C21H24N2O3/c1-13-5-7-15(3)17(9-13)22-21(25)16-11-20(24)23(12-16)18-10-14(2)6-8-19(18)26-4/h5-10,16H,11-12H2,1-4H3,(H,22,25)/t16-/m1/s1. The maximum Gasteiger partial charge on any atom is 0.229 e. The highest BCUT2D eigenvalue weighted by Crippen LogP contribution is 2.34. The first-order chi connectivity index (χ1) is 12.4. The number of ether oxygens (including phenoxy) is 1. The van der Waals surface area contributed by atoms with Crippen LogP contribution in [0.25, 0.3) is 0 Å². The molecular weight excluding hydrogens is 328 g/mol. The minimum absolute atomic E-state index is 0.0602. The van der Waals surface area contributed by atoms with Gasteiger partial charge in [-0.15, -0.1) is 0 Å². The molecule has 0 aliphatic carbocycles. The maximum absolute atomic E-state index is 12.7. The smallest absolute Gasteiger partial charge is 0.229 e. The number of hydrogen-bond acceptors (Lipinski definition) is 3. The van der Waals surface area contributed by atoms with Crippen molar-refractivity contribution in [2.24, 2.45) is 5.92 Å². The molecule has 0 aromatic heterocycles. The summed E-state index contributed by atoms with van der Waals surface area (Å²) in [6.45, 7) is 6.27. The Morgan fingerprint density at radius 3 is 2.54 bits per heavy atom. The number of nitrogens with one attached hydrogen (secondary N) is 1. The molecule has 136 valence electrons. The lowest BCUT2D eigenvalue weighted by Gasteiger charge is -2.20. The van der Waals surface area contributed by atoms with Crippen molar-refractivity contribution in [3.8, 4) is 5.75 Å². The molecule has 2 aromatic rings. The van der Waals surface area contributed by atoms with E-state index in [1.165, 1.54) is 0 Å². The summed E-state index contributed by atoms with van der Waals surface area (Å²) in [4.78, 5) is 26.9. The molecule has 1 fully saturated rings. The second-order valence-corrected chi connectivity index (χ2v) is 6.89. The second kappa shape index (κ2) is 7.20. The van der Waals surface area contributed by atoms with E-state index < -0.39 is 0 Å². The van der Waals surface area contributed by atoms with Crippen molar-refractivity contribution >= 4 is 23.2 Å². The maximum atomic E-state index is 12.7. The van der Waals surface area contributed by atoms with Crippen molar-refractivity contribution in [2.75, 3.05) is 23.9 Å². The predicted octanol–water partition coefficient (Wildman–Crippen LogP) is 3.61. The van der Waals surface area contributed by atoms with E-state index in [0.717, 1.165) is 28.1 Å². The zero-order valence-electron chi connectivity index (χ0n) is 15.6. The fraction of sp³-hybridized carbons (Fsp3) is 0.333. The van der Waals surface area contributed by atoms with Crippen LogP contribution in [0, 0.1) is 26.7 Å². The summed E-state index contributed by atoms with van der Waals surface area (Å²) in [5.74, 6) is 0.0725. The molecule has 1 N–H and O–H groups in total. The van der Waals surface area contributed by atoms with Crippen LogP contribution in [-0.2, 0) is 9.59 Å². The van der Waals surface area contributed by atoms with E-state index in [4.69, 9.17) is 4.74 Å². The predicted molar refractivity (Wildman–Crippen MR) is 103 cm³/mol. The molecule has 1 saturated heterocycles. The Kier molecular flexibility index (Phi) is 4.98. The van der Waals surface area contributed by atoms with Gasteiger partial charge in [0.1, 0.15) is 5.75 Å². The Hall–Kier alpha value is -2.82. The molecular formula is C21H24N2O3. The van der Waals surface area contributed by atoms with Gasteiger partial charge < -0.3 is 15.0 Å². The van der Waals surface area contributed by atoms with Gasteiger partial charge in [-0.1, -0.05) is 18.2 Å². The van der Waals surface area contributed by atoms with Crippen molar-refractivity contribution in [3.05, 3.63) is 53.1 Å². The molecule has 1 aliphatic rings. The number of hydrogen-bond donors (Lipinski definition) is 1. The van der Waals surface area contributed by atoms with Gasteiger partial charge in [0, 0.05) is 18.7 Å². The molecule has 26 heavy (non-hydrogen) atoms.